The summed E-state index contributed by atoms with van der Waals surface area (Å²) in [7, 11) is 0. The third-order valence-electron chi connectivity index (χ3n) is 2.58. The molecule has 0 radical (unpaired) electrons. The smallest absolute Gasteiger partial charge is 0.187 e. The van der Waals surface area contributed by atoms with E-state index in [1.807, 2.05) is 33.8 Å². The summed E-state index contributed by atoms with van der Waals surface area (Å²) in [5.74, 6) is 1.18. The fourth-order valence-corrected chi connectivity index (χ4v) is 2.29. The molecule has 0 aliphatic carbocycles. The van der Waals surface area contributed by atoms with Crippen LogP contribution in [0.2, 0.25) is 5.02 Å². The van der Waals surface area contributed by atoms with Gasteiger partial charge in [-0.3, -0.25) is 5.43 Å². The summed E-state index contributed by atoms with van der Waals surface area (Å²) in [5.41, 5.74) is 3.55. The minimum atomic E-state index is 0.249. The van der Waals surface area contributed by atoms with Crippen molar-refractivity contribution in [1.29, 1.82) is 0 Å². The van der Waals surface area contributed by atoms with E-state index in [1.165, 1.54) is 0 Å². The van der Waals surface area contributed by atoms with E-state index in [2.05, 4.69) is 15.8 Å². The Morgan fingerprint density at radius 2 is 2.09 bits per heavy atom. The zero-order valence-electron chi connectivity index (χ0n) is 14.0. The maximum atomic E-state index is 6.29. The van der Waals surface area contributed by atoms with Crippen molar-refractivity contribution in [2.45, 2.75) is 40.2 Å². The lowest BCUT2D eigenvalue weighted by Gasteiger charge is -2.14. The molecule has 0 fully saturated rings. The predicted molar refractivity (Wildman–Crippen MR) is 100 cm³/mol. The van der Waals surface area contributed by atoms with E-state index in [0.29, 0.717) is 34.8 Å². The number of ether oxygens (including phenoxy) is 2. The van der Waals surface area contributed by atoms with Gasteiger partial charge >= 0.3 is 0 Å². The number of nitrogens with zero attached hydrogens (tertiary/aromatic N) is 1. The van der Waals surface area contributed by atoms with Gasteiger partial charge in [-0.05, 0) is 57.1 Å². The highest BCUT2D eigenvalue weighted by atomic mass is 35.5. The number of hydrogen-bond donors (Lipinski definition) is 2. The standard InChI is InChI=1S/C16H24ClN3O2S/c1-5-7-22-15-13(17)8-12(9-14(15)21-6-2)10-18-20-16(23)19-11(3)4/h8-11H,5-7H2,1-4H3,(H2,19,20,23)/b18-10+. The second kappa shape index (κ2) is 10.3. The second-order valence-electron chi connectivity index (χ2n) is 5.11. The second-order valence-corrected chi connectivity index (χ2v) is 5.93. The molecule has 0 unspecified atom stereocenters. The maximum Gasteiger partial charge on any atom is 0.187 e. The van der Waals surface area contributed by atoms with Crippen molar-refractivity contribution in [1.82, 2.24) is 10.7 Å². The number of thiocarbonyl (C=S) groups is 1. The lowest BCUT2D eigenvalue weighted by molar-refractivity contribution is 0.277. The molecule has 7 heteroatoms. The zero-order valence-corrected chi connectivity index (χ0v) is 15.6. The van der Waals surface area contributed by atoms with E-state index >= 15 is 0 Å². The monoisotopic (exact) mass is 357 g/mol. The zero-order chi connectivity index (χ0) is 17.2. The summed E-state index contributed by atoms with van der Waals surface area (Å²) < 4.78 is 11.3. The van der Waals surface area contributed by atoms with Gasteiger partial charge in [-0.15, -0.1) is 0 Å². The first-order valence-corrected chi connectivity index (χ1v) is 8.45. The number of hydrogen-bond acceptors (Lipinski definition) is 4. The van der Waals surface area contributed by atoms with Crippen molar-refractivity contribution in [3.63, 3.8) is 0 Å². The molecule has 0 aliphatic heterocycles. The number of rotatable bonds is 8. The van der Waals surface area contributed by atoms with Gasteiger partial charge in [0.25, 0.3) is 0 Å². The van der Waals surface area contributed by atoms with Crippen molar-refractivity contribution < 1.29 is 9.47 Å². The molecule has 1 aromatic carbocycles. The SMILES string of the molecule is CCCOc1c(Cl)cc(/C=N/NC(=S)NC(C)C)cc1OCC. The molecule has 0 saturated carbocycles. The molecule has 128 valence electrons. The molecule has 23 heavy (non-hydrogen) atoms. The topological polar surface area (TPSA) is 54.9 Å². The van der Waals surface area contributed by atoms with Gasteiger partial charge in [0, 0.05) is 6.04 Å². The van der Waals surface area contributed by atoms with Gasteiger partial charge in [-0.1, -0.05) is 18.5 Å². The molecule has 0 spiro atoms. The van der Waals surface area contributed by atoms with Gasteiger partial charge in [0.1, 0.15) is 0 Å². The molecule has 0 aliphatic rings. The minimum Gasteiger partial charge on any atom is -0.490 e. The van der Waals surface area contributed by atoms with Crippen molar-refractivity contribution in [2.24, 2.45) is 5.10 Å². The molecule has 0 amide bonds. The number of nitrogens with one attached hydrogen (secondary N) is 2. The Morgan fingerprint density at radius 1 is 1.35 bits per heavy atom. The Hall–Kier alpha value is -1.53. The third-order valence-corrected chi connectivity index (χ3v) is 3.07. The average Bonchev–Trinajstić information content (AvgIpc) is 2.46. The van der Waals surface area contributed by atoms with Crippen molar-refractivity contribution in [2.75, 3.05) is 13.2 Å². The summed E-state index contributed by atoms with van der Waals surface area (Å²) in [5, 5.41) is 8.10. The van der Waals surface area contributed by atoms with E-state index in [9.17, 15) is 0 Å². The largest absolute Gasteiger partial charge is 0.490 e. The van der Waals surface area contributed by atoms with E-state index in [0.717, 1.165) is 12.0 Å². The van der Waals surface area contributed by atoms with Crippen LogP contribution in [0, 0.1) is 0 Å². The van der Waals surface area contributed by atoms with Gasteiger partial charge < -0.3 is 14.8 Å². The Balaban J connectivity index is 2.85. The van der Waals surface area contributed by atoms with E-state index in [-0.39, 0.29) is 6.04 Å². The average molecular weight is 358 g/mol. The molecule has 5 nitrogen and oxygen atoms in total. The summed E-state index contributed by atoms with van der Waals surface area (Å²) in [6.07, 6.45) is 2.53. The molecule has 0 atom stereocenters. The lowest BCUT2D eigenvalue weighted by Crippen LogP contribution is -2.36. The quantitative estimate of drug-likeness (QED) is 0.422. The molecular formula is C16H24ClN3O2S. The first-order valence-electron chi connectivity index (χ1n) is 7.66. The Labute approximate surface area is 148 Å². The van der Waals surface area contributed by atoms with Crippen LogP contribution in [-0.4, -0.2) is 30.6 Å². The van der Waals surface area contributed by atoms with Gasteiger partial charge in [0.05, 0.1) is 24.5 Å². The summed E-state index contributed by atoms with van der Waals surface area (Å²) in [4.78, 5) is 0. The van der Waals surface area contributed by atoms with Crippen molar-refractivity contribution in [3.8, 4) is 11.5 Å². The van der Waals surface area contributed by atoms with E-state index in [4.69, 9.17) is 33.3 Å². The van der Waals surface area contributed by atoms with Crippen LogP contribution in [0.15, 0.2) is 17.2 Å². The van der Waals surface area contributed by atoms with Crippen LogP contribution in [0.5, 0.6) is 11.5 Å². The van der Waals surface area contributed by atoms with Crippen LogP contribution >= 0.6 is 23.8 Å². The van der Waals surface area contributed by atoms with Crippen molar-refractivity contribution >= 4 is 35.1 Å². The third kappa shape index (κ3) is 7.05. The Kier molecular flexibility index (Phi) is 8.73. The van der Waals surface area contributed by atoms with Crippen LogP contribution in [-0.2, 0) is 0 Å². The highest BCUT2D eigenvalue weighted by Crippen LogP contribution is 2.36. The number of hydrazone groups is 1. The molecule has 2 N–H and O–H groups in total. The van der Waals surface area contributed by atoms with Crippen molar-refractivity contribution in [3.05, 3.63) is 22.7 Å². The highest BCUT2D eigenvalue weighted by Gasteiger charge is 2.11. The van der Waals surface area contributed by atoms with Crippen LogP contribution in [0.4, 0.5) is 0 Å². The van der Waals surface area contributed by atoms with Gasteiger partial charge in [0.15, 0.2) is 16.6 Å². The van der Waals surface area contributed by atoms with E-state index in [1.54, 1.807) is 12.3 Å². The molecule has 0 bridgehead atoms. The maximum absolute atomic E-state index is 6.29. The first kappa shape index (κ1) is 19.5. The highest BCUT2D eigenvalue weighted by molar-refractivity contribution is 7.80. The summed E-state index contributed by atoms with van der Waals surface area (Å²) in [6.45, 7) is 9.07. The van der Waals surface area contributed by atoms with E-state index < -0.39 is 0 Å². The lowest BCUT2D eigenvalue weighted by atomic mass is 10.2. The van der Waals surface area contributed by atoms with Crippen LogP contribution < -0.4 is 20.2 Å². The van der Waals surface area contributed by atoms with Gasteiger partial charge in [-0.25, -0.2) is 0 Å². The van der Waals surface area contributed by atoms with Crippen LogP contribution in [0.25, 0.3) is 0 Å². The minimum absolute atomic E-state index is 0.249. The molecular weight excluding hydrogens is 334 g/mol. The molecule has 0 saturated heterocycles. The normalized spacial score (nSPS) is 10.9. The van der Waals surface area contributed by atoms with Crippen LogP contribution in [0.3, 0.4) is 0 Å². The number of halogens is 1. The van der Waals surface area contributed by atoms with Gasteiger partial charge in [0.2, 0.25) is 0 Å². The fraction of sp³-hybridized carbons (Fsp3) is 0.500. The summed E-state index contributed by atoms with van der Waals surface area (Å²) in [6, 6.07) is 3.86. The van der Waals surface area contributed by atoms with Gasteiger partial charge in [-0.2, -0.15) is 5.10 Å². The molecule has 1 rings (SSSR count). The predicted octanol–water partition coefficient (Wildman–Crippen LogP) is 3.73. The Bertz CT molecular complexity index is 550. The summed E-state index contributed by atoms with van der Waals surface area (Å²) >= 11 is 11.4. The molecule has 0 aromatic heterocycles. The Morgan fingerprint density at radius 3 is 2.70 bits per heavy atom. The molecule has 1 aromatic rings. The molecule has 0 heterocycles. The fourth-order valence-electron chi connectivity index (χ4n) is 1.73. The number of benzene rings is 1. The van der Waals surface area contributed by atoms with Crippen LogP contribution in [0.1, 0.15) is 39.7 Å². The first-order chi connectivity index (χ1) is 11.0.